The van der Waals surface area contributed by atoms with Crippen LogP contribution >= 0.6 is 23.4 Å². The van der Waals surface area contributed by atoms with Crippen molar-refractivity contribution < 1.29 is 23.8 Å². The highest BCUT2D eigenvalue weighted by Gasteiger charge is 2.39. The summed E-state index contributed by atoms with van der Waals surface area (Å²) in [5, 5.41) is 9.16. The minimum Gasteiger partial charge on any atom is -0.462 e. The Hall–Kier alpha value is -2.35. The Labute approximate surface area is 178 Å². The van der Waals surface area contributed by atoms with E-state index in [-0.39, 0.29) is 6.61 Å². The number of thioether (sulfide) groups is 1. The number of hydrogen-bond donors (Lipinski definition) is 1. The van der Waals surface area contributed by atoms with Crippen LogP contribution in [-0.2, 0) is 24.8 Å². The van der Waals surface area contributed by atoms with Gasteiger partial charge in [-0.25, -0.2) is 4.79 Å². The second kappa shape index (κ2) is 10.4. The number of carbonyl (C=O) groups excluding carboxylic acids is 2. The molecule has 1 aliphatic heterocycles. The highest BCUT2D eigenvalue weighted by atomic mass is 35.5. The molecule has 2 aromatic rings. The number of esters is 1. The van der Waals surface area contributed by atoms with Gasteiger partial charge in [-0.3, -0.25) is 10.2 Å². The molecule has 1 fully saturated rings. The van der Waals surface area contributed by atoms with Crippen LogP contribution in [0.2, 0.25) is 5.02 Å². The zero-order valence-electron chi connectivity index (χ0n) is 15.5. The maximum absolute atomic E-state index is 12.2. The predicted octanol–water partition coefficient (Wildman–Crippen LogP) is 4.11. The van der Waals surface area contributed by atoms with Gasteiger partial charge in [-0.1, -0.05) is 41.9 Å². The number of benzene rings is 2. The van der Waals surface area contributed by atoms with Crippen molar-refractivity contribution in [2.24, 2.45) is 0 Å². The fourth-order valence-electron chi connectivity index (χ4n) is 2.90. The van der Waals surface area contributed by atoms with E-state index in [2.05, 4.69) is 0 Å². The molecule has 2 aromatic carbocycles. The molecule has 3 unspecified atom stereocenters. The van der Waals surface area contributed by atoms with Crippen LogP contribution in [0, 0.1) is 5.41 Å². The molecule has 3 rings (SSSR count). The molecule has 8 heteroatoms. The maximum Gasteiger partial charge on any atom is 0.338 e. The van der Waals surface area contributed by atoms with E-state index in [1.807, 2.05) is 30.3 Å². The smallest absolute Gasteiger partial charge is 0.338 e. The lowest BCUT2D eigenvalue weighted by molar-refractivity contribution is -0.137. The minimum absolute atomic E-state index is 0.0763. The second-order valence-corrected chi connectivity index (χ2v) is 7.87. The van der Waals surface area contributed by atoms with Gasteiger partial charge >= 0.3 is 5.97 Å². The van der Waals surface area contributed by atoms with Crippen molar-refractivity contribution in [2.75, 3.05) is 6.61 Å². The van der Waals surface area contributed by atoms with Crippen molar-refractivity contribution in [1.29, 1.82) is 5.41 Å². The highest BCUT2D eigenvalue weighted by Crippen LogP contribution is 2.28. The van der Waals surface area contributed by atoms with E-state index >= 15 is 0 Å². The highest BCUT2D eigenvalue weighted by molar-refractivity contribution is 8.13. The number of ether oxygens (including phenoxy) is 3. The molecule has 0 saturated carbocycles. The first-order valence-corrected chi connectivity index (χ1v) is 10.4. The molecule has 0 bridgehead atoms. The largest absolute Gasteiger partial charge is 0.462 e. The standard InChI is InChI=1S/C21H20ClNO5S/c22-16-8-6-15(7-9-16)21(25)26-11-19-17(27-13-24)10-18(28-19)20(23)29-12-14-4-2-1-3-5-14/h1-9,13,17-19,23H,10-12H2. The Morgan fingerprint density at radius 3 is 2.62 bits per heavy atom. The van der Waals surface area contributed by atoms with Gasteiger partial charge in [-0.05, 0) is 29.8 Å². The van der Waals surface area contributed by atoms with Crippen molar-refractivity contribution in [3.63, 3.8) is 0 Å². The number of halogens is 1. The molecule has 29 heavy (non-hydrogen) atoms. The topological polar surface area (TPSA) is 85.7 Å². The van der Waals surface area contributed by atoms with Crippen LogP contribution in [0.4, 0.5) is 0 Å². The van der Waals surface area contributed by atoms with E-state index in [0.29, 0.717) is 34.3 Å². The Balaban J connectivity index is 1.53. The van der Waals surface area contributed by atoms with Gasteiger partial charge in [0.1, 0.15) is 24.9 Å². The molecule has 3 atom stereocenters. The Kier molecular flexibility index (Phi) is 7.69. The van der Waals surface area contributed by atoms with Gasteiger partial charge in [0.2, 0.25) is 0 Å². The lowest BCUT2D eigenvalue weighted by atomic mass is 10.1. The fraction of sp³-hybridized carbons (Fsp3) is 0.286. The van der Waals surface area contributed by atoms with Gasteiger partial charge in [0.25, 0.3) is 6.47 Å². The Bertz CT molecular complexity index is 846. The third kappa shape index (κ3) is 6.06. The summed E-state index contributed by atoms with van der Waals surface area (Å²) < 4.78 is 16.3. The van der Waals surface area contributed by atoms with Crippen LogP contribution in [0.5, 0.6) is 0 Å². The summed E-state index contributed by atoms with van der Waals surface area (Å²) in [4.78, 5) is 23.0. The van der Waals surface area contributed by atoms with Crippen LogP contribution in [0.1, 0.15) is 22.3 Å². The molecule has 0 amide bonds. The fourth-order valence-corrected chi connectivity index (χ4v) is 3.88. The average molecular weight is 434 g/mol. The van der Waals surface area contributed by atoms with Crippen LogP contribution in [0.3, 0.4) is 0 Å². The monoisotopic (exact) mass is 433 g/mol. The van der Waals surface area contributed by atoms with Gasteiger partial charge in [-0.2, -0.15) is 0 Å². The second-order valence-electron chi connectivity index (χ2n) is 6.41. The lowest BCUT2D eigenvalue weighted by Gasteiger charge is -2.17. The molecule has 6 nitrogen and oxygen atoms in total. The number of rotatable bonds is 8. The summed E-state index contributed by atoms with van der Waals surface area (Å²) in [6, 6.07) is 16.2. The molecule has 1 saturated heterocycles. The summed E-state index contributed by atoms with van der Waals surface area (Å²) in [6.45, 7) is 0.276. The van der Waals surface area contributed by atoms with Crippen LogP contribution in [0.25, 0.3) is 0 Å². The molecule has 0 radical (unpaired) electrons. The first kappa shape index (κ1) is 21.4. The van der Waals surface area contributed by atoms with E-state index in [1.54, 1.807) is 24.3 Å². The molecule has 152 valence electrons. The first-order chi connectivity index (χ1) is 14.1. The van der Waals surface area contributed by atoms with Crippen molar-refractivity contribution in [1.82, 2.24) is 0 Å². The van der Waals surface area contributed by atoms with Crippen molar-refractivity contribution in [3.8, 4) is 0 Å². The number of carbonyl (C=O) groups is 2. The molecule has 0 aliphatic carbocycles. The third-order valence-electron chi connectivity index (χ3n) is 4.42. The predicted molar refractivity (Wildman–Crippen MR) is 111 cm³/mol. The number of nitrogens with one attached hydrogen (secondary N) is 1. The third-order valence-corrected chi connectivity index (χ3v) is 5.72. The maximum atomic E-state index is 12.2. The zero-order chi connectivity index (χ0) is 20.6. The molecule has 0 aromatic heterocycles. The van der Waals surface area contributed by atoms with E-state index in [4.69, 9.17) is 31.2 Å². The quantitative estimate of drug-likeness (QED) is 0.292. The van der Waals surface area contributed by atoms with E-state index < -0.39 is 24.3 Å². The molecule has 1 N–H and O–H groups in total. The minimum atomic E-state index is -0.626. The van der Waals surface area contributed by atoms with Crippen molar-refractivity contribution in [3.05, 3.63) is 70.7 Å². The van der Waals surface area contributed by atoms with E-state index in [0.717, 1.165) is 5.56 Å². The van der Waals surface area contributed by atoms with E-state index in [1.165, 1.54) is 11.8 Å². The van der Waals surface area contributed by atoms with Gasteiger partial charge in [-0.15, -0.1) is 11.8 Å². The summed E-state index contributed by atoms with van der Waals surface area (Å²) >= 11 is 7.18. The Morgan fingerprint density at radius 1 is 1.21 bits per heavy atom. The summed E-state index contributed by atoms with van der Waals surface area (Å²) in [5.74, 6) is 0.127. The van der Waals surface area contributed by atoms with Gasteiger partial charge in [0.15, 0.2) is 0 Å². The van der Waals surface area contributed by atoms with Crippen LogP contribution in [0.15, 0.2) is 54.6 Å². The molecular formula is C21H20ClNO5S. The van der Waals surface area contributed by atoms with Gasteiger partial charge < -0.3 is 14.2 Å². The van der Waals surface area contributed by atoms with E-state index in [9.17, 15) is 9.59 Å². The molecule has 0 spiro atoms. The summed E-state index contributed by atoms with van der Waals surface area (Å²) in [7, 11) is 0. The lowest BCUT2D eigenvalue weighted by Crippen LogP contribution is -2.30. The SMILES string of the molecule is N=C(SCc1ccccc1)C1CC(OC=O)C(COC(=O)c2ccc(Cl)cc2)O1. The molecular weight excluding hydrogens is 414 g/mol. The first-order valence-electron chi connectivity index (χ1n) is 8.99. The molecule has 1 aliphatic rings. The van der Waals surface area contributed by atoms with Crippen LogP contribution < -0.4 is 0 Å². The Morgan fingerprint density at radius 2 is 1.93 bits per heavy atom. The van der Waals surface area contributed by atoms with Gasteiger partial charge in [0.05, 0.1) is 10.6 Å². The van der Waals surface area contributed by atoms with Crippen LogP contribution in [-0.4, -0.2) is 42.4 Å². The molecule has 1 heterocycles. The van der Waals surface area contributed by atoms with Crippen molar-refractivity contribution >= 4 is 40.8 Å². The summed E-state index contributed by atoms with van der Waals surface area (Å²) in [6.07, 6.45) is -1.36. The van der Waals surface area contributed by atoms with Crippen molar-refractivity contribution in [2.45, 2.75) is 30.5 Å². The summed E-state index contributed by atoms with van der Waals surface area (Å²) in [5.41, 5.74) is 1.47. The van der Waals surface area contributed by atoms with Gasteiger partial charge in [0, 0.05) is 17.2 Å². The average Bonchev–Trinajstić information content (AvgIpc) is 3.15. The number of hydrogen-bond acceptors (Lipinski definition) is 7. The normalized spacial score (nSPS) is 20.8. The zero-order valence-corrected chi connectivity index (χ0v) is 17.0.